The second-order valence-electron chi connectivity index (χ2n) is 5.33. The lowest BCUT2D eigenvalue weighted by Crippen LogP contribution is -2.43. The summed E-state index contributed by atoms with van der Waals surface area (Å²) in [7, 11) is 0. The van der Waals surface area contributed by atoms with E-state index >= 15 is 0 Å². The van der Waals surface area contributed by atoms with Gasteiger partial charge in [-0.1, -0.05) is 13.0 Å². The molecule has 0 aromatic heterocycles. The minimum absolute atomic E-state index is 0.0802. The Kier molecular flexibility index (Phi) is 2.63. The third-order valence-corrected chi connectivity index (χ3v) is 3.81. The molecule has 0 saturated heterocycles. The Bertz CT molecular complexity index is 450. The predicted octanol–water partition coefficient (Wildman–Crippen LogP) is 1.82. The smallest absolute Gasteiger partial charge is 0.251 e. The Labute approximate surface area is 102 Å². The summed E-state index contributed by atoms with van der Waals surface area (Å²) >= 11 is 0. The molecule has 17 heavy (non-hydrogen) atoms. The van der Waals surface area contributed by atoms with Crippen molar-refractivity contribution in [2.75, 3.05) is 0 Å². The molecule has 90 valence electrons. The van der Waals surface area contributed by atoms with Crippen molar-refractivity contribution >= 4 is 5.91 Å². The van der Waals surface area contributed by atoms with Crippen LogP contribution in [0.4, 0.5) is 0 Å². The number of hydrogen-bond donors (Lipinski definition) is 2. The van der Waals surface area contributed by atoms with Crippen LogP contribution in [0.2, 0.25) is 0 Å². The van der Waals surface area contributed by atoms with Crippen molar-refractivity contribution in [1.82, 2.24) is 10.6 Å². The number of fused-ring (bicyclic) bond motifs is 1. The molecule has 0 spiro atoms. The normalized spacial score (nSPS) is 26.2. The van der Waals surface area contributed by atoms with Gasteiger partial charge in [-0.05, 0) is 42.0 Å². The molecule has 1 aliphatic heterocycles. The molecule has 2 N–H and O–H groups in total. The van der Waals surface area contributed by atoms with Crippen LogP contribution in [0, 0.1) is 5.92 Å². The van der Waals surface area contributed by atoms with Gasteiger partial charge >= 0.3 is 0 Å². The van der Waals surface area contributed by atoms with E-state index in [0.717, 1.165) is 37.4 Å². The number of amides is 1. The molecule has 3 heteroatoms. The van der Waals surface area contributed by atoms with Gasteiger partial charge in [0.2, 0.25) is 0 Å². The second kappa shape index (κ2) is 4.15. The first-order valence-electron chi connectivity index (χ1n) is 6.36. The predicted molar refractivity (Wildman–Crippen MR) is 66.6 cm³/mol. The van der Waals surface area contributed by atoms with Crippen LogP contribution in [-0.4, -0.2) is 11.9 Å². The summed E-state index contributed by atoms with van der Waals surface area (Å²) in [5.74, 6) is 0.848. The minimum Gasteiger partial charge on any atom is -0.349 e. The Hall–Kier alpha value is -1.35. The van der Waals surface area contributed by atoms with Gasteiger partial charge in [-0.25, -0.2) is 0 Å². The Morgan fingerprint density at radius 3 is 2.82 bits per heavy atom. The summed E-state index contributed by atoms with van der Waals surface area (Å²) < 4.78 is 0. The van der Waals surface area contributed by atoms with E-state index in [1.807, 2.05) is 12.1 Å². The zero-order valence-electron chi connectivity index (χ0n) is 10.1. The highest BCUT2D eigenvalue weighted by Gasteiger charge is 2.27. The van der Waals surface area contributed by atoms with Gasteiger partial charge in [0.1, 0.15) is 0 Å². The van der Waals surface area contributed by atoms with Gasteiger partial charge in [0.25, 0.3) is 5.91 Å². The number of carbonyl (C=O) groups excluding carboxylic acids is 1. The van der Waals surface area contributed by atoms with Crippen molar-refractivity contribution in [1.29, 1.82) is 0 Å². The first kappa shape index (κ1) is 10.8. The molecule has 1 aromatic rings. The zero-order chi connectivity index (χ0) is 11.8. The lowest BCUT2D eigenvalue weighted by molar-refractivity contribution is 0.0896. The molecule has 1 aromatic carbocycles. The van der Waals surface area contributed by atoms with E-state index in [0.29, 0.717) is 6.04 Å². The molecule has 3 rings (SSSR count). The first-order valence-corrected chi connectivity index (χ1v) is 6.36. The summed E-state index contributed by atoms with van der Waals surface area (Å²) in [5, 5.41) is 6.39. The molecule has 1 saturated carbocycles. The number of carbonyl (C=O) groups is 1. The maximum Gasteiger partial charge on any atom is 0.251 e. The highest BCUT2D eigenvalue weighted by Crippen LogP contribution is 2.26. The topological polar surface area (TPSA) is 41.1 Å². The largest absolute Gasteiger partial charge is 0.349 e. The van der Waals surface area contributed by atoms with Crippen molar-refractivity contribution in [3.8, 4) is 0 Å². The van der Waals surface area contributed by atoms with Gasteiger partial charge in [0, 0.05) is 24.7 Å². The van der Waals surface area contributed by atoms with E-state index in [1.165, 1.54) is 11.1 Å². The van der Waals surface area contributed by atoms with Crippen LogP contribution in [0.3, 0.4) is 0 Å². The molecule has 0 atom stereocenters. The van der Waals surface area contributed by atoms with E-state index in [2.05, 4.69) is 23.6 Å². The highest BCUT2D eigenvalue weighted by molar-refractivity contribution is 5.94. The van der Waals surface area contributed by atoms with Crippen LogP contribution in [0.25, 0.3) is 0 Å². The fourth-order valence-electron chi connectivity index (χ4n) is 2.72. The van der Waals surface area contributed by atoms with Crippen LogP contribution >= 0.6 is 0 Å². The molecule has 0 bridgehead atoms. The maximum absolute atomic E-state index is 12.0. The van der Waals surface area contributed by atoms with Gasteiger partial charge in [0.05, 0.1) is 0 Å². The first-order chi connectivity index (χ1) is 8.22. The summed E-state index contributed by atoms with van der Waals surface area (Å²) in [4.78, 5) is 12.0. The lowest BCUT2D eigenvalue weighted by atomic mass is 9.82. The van der Waals surface area contributed by atoms with Gasteiger partial charge in [-0.3, -0.25) is 4.79 Å². The molecule has 0 unspecified atom stereocenters. The Balaban J connectivity index is 1.69. The Morgan fingerprint density at radius 2 is 2.06 bits per heavy atom. The average molecular weight is 230 g/mol. The fourth-order valence-corrected chi connectivity index (χ4v) is 2.72. The number of nitrogens with one attached hydrogen (secondary N) is 2. The van der Waals surface area contributed by atoms with E-state index in [4.69, 9.17) is 0 Å². The molecule has 2 aliphatic rings. The quantitative estimate of drug-likeness (QED) is 0.813. The third-order valence-electron chi connectivity index (χ3n) is 3.81. The second-order valence-corrected chi connectivity index (χ2v) is 5.33. The van der Waals surface area contributed by atoms with Crippen molar-refractivity contribution < 1.29 is 4.79 Å². The summed E-state index contributed by atoms with van der Waals surface area (Å²) in [6, 6.07) is 6.41. The Morgan fingerprint density at radius 1 is 1.29 bits per heavy atom. The van der Waals surface area contributed by atoms with E-state index < -0.39 is 0 Å². The third kappa shape index (κ3) is 2.07. The SMILES string of the molecule is CC1CC(NC(=O)c2ccc3c(c2)CNC3)C1. The van der Waals surface area contributed by atoms with E-state index in [-0.39, 0.29) is 5.91 Å². The molecular weight excluding hydrogens is 212 g/mol. The number of hydrogen-bond acceptors (Lipinski definition) is 2. The van der Waals surface area contributed by atoms with Crippen LogP contribution < -0.4 is 10.6 Å². The molecule has 1 amide bonds. The molecule has 1 heterocycles. The standard InChI is InChI=1S/C14H18N2O/c1-9-4-13(5-9)16-14(17)10-2-3-11-7-15-8-12(11)6-10/h2-3,6,9,13,15H,4-5,7-8H2,1H3,(H,16,17). The van der Waals surface area contributed by atoms with E-state index in [1.54, 1.807) is 0 Å². The molecule has 3 nitrogen and oxygen atoms in total. The van der Waals surface area contributed by atoms with Crippen LogP contribution in [0.15, 0.2) is 18.2 Å². The molecule has 0 radical (unpaired) electrons. The lowest BCUT2D eigenvalue weighted by Gasteiger charge is -2.33. The van der Waals surface area contributed by atoms with Gasteiger partial charge in [-0.2, -0.15) is 0 Å². The van der Waals surface area contributed by atoms with Crippen LogP contribution in [0.5, 0.6) is 0 Å². The fraction of sp³-hybridized carbons (Fsp3) is 0.500. The van der Waals surface area contributed by atoms with Gasteiger partial charge < -0.3 is 10.6 Å². The highest BCUT2D eigenvalue weighted by atomic mass is 16.1. The van der Waals surface area contributed by atoms with Gasteiger partial charge in [0.15, 0.2) is 0 Å². The summed E-state index contributed by atoms with van der Waals surface area (Å²) in [6.07, 6.45) is 2.25. The van der Waals surface area contributed by atoms with Gasteiger partial charge in [-0.15, -0.1) is 0 Å². The summed E-state index contributed by atoms with van der Waals surface area (Å²) in [5.41, 5.74) is 3.38. The zero-order valence-corrected chi connectivity index (χ0v) is 10.1. The molecular formula is C14H18N2O. The van der Waals surface area contributed by atoms with Crippen molar-refractivity contribution in [3.63, 3.8) is 0 Å². The number of benzene rings is 1. The van der Waals surface area contributed by atoms with Crippen molar-refractivity contribution in [3.05, 3.63) is 34.9 Å². The molecule has 1 aliphatic carbocycles. The van der Waals surface area contributed by atoms with Crippen LogP contribution in [0.1, 0.15) is 41.3 Å². The van der Waals surface area contributed by atoms with Crippen molar-refractivity contribution in [2.24, 2.45) is 5.92 Å². The monoisotopic (exact) mass is 230 g/mol. The van der Waals surface area contributed by atoms with Crippen LogP contribution in [-0.2, 0) is 13.1 Å². The van der Waals surface area contributed by atoms with E-state index in [9.17, 15) is 4.79 Å². The molecule has 1 fully saturated rings. The average Bonchev–Trinajstić information content (AvgIpc) is 2.73. The van der Waals surface area contributed by atoms with Crippen molar-refractivity contribution in [2.45, 2.75) is 38.9 Å². The minimum atomic E-state index is 0.0802. The maximum atomic E-state index is 12.0. The summed E-state index contributed by atoms with van der Waals surface area (Å²) in [6.45, 7) is 4.04. The number of rotatable bonds is 2.